The number of rotatable bonds is 1. The molecule has 0 unspecified atom stereocenters. The van der Waals surface area contributed by atoms with Crippen LogP contribution in [0.2, 0.25) is 0 Å². The van der Waals surface area contributed by atoms with Gasteiger partial charge in [-0.15, -0.1) is 11.3 Å². The van der Waals surface area contributed by atoms with E-state index in [0.29, 0.717) is 5.39 Å². The van der Waals surface area contributed by atoms with Gasteiger partial charge in [0.15, 0.2) is 5.43 Å². The largest absolute Gasteiger partial charge is 0.478 e. The van der Waals surface area contributed by atoms with E-state index in [1.54, 1.807) is 23.5 Å². The first-order valence-corrected chi connectivity index (χ1v) is 7.80. The minimum Gasteiger partial charge on any atom is -0.478 e. The van der Waals surface area contributed by atoms with Crippen LogP contribution in [-0.4, -0.2) is 11.1 Å². The second-order valence-electron chi connectivity index (χ2n) is 5.26. The van der Waals surface area contributed by atoms with Crippen LogP contribution in [0.1, 0.15) is 46.5 Å². The van der Waals surface area contributed by atoms with E-state index >= 15 is 0 Å². The van der Waals surface area contributed by atoms with Crippen molar-refractivity contribution in [2.75, 3.05) is 0 Å². The first kappa shape index (κ1) is 13.3. The molecule has 1 aliphatic rings. The molecular weight excluding hydrogens is 272 g/mol. The highest BCUT2D eigenvalue weighted by atomic mass is 32.1. The highest BCUT2D eigenvalue weighted by molar-refractivity contribution is 7.18. The van der Waals surface area contributed by atoms with Gasteiger partial charge in [-0.05, 0) is 43.9 Å². The lowest BCUT2D eigenvalue weighted by atomic mass is 9.98. The summed E-state index contributed by atoms with van der Waals surface area (Å²) in [5, 5.41) is 9.73. The van der Waals surface area contributed by atoms with E-state index in [-0.39, 0.29) is 11.0 Å². The summed E-state index contributed by atoms with van der Waals surface area (Å²) >= 11 is 1.59. The van der Waals surface area contributed by atoms with Crippen molar-refractivity contribution in [2.45, 2.75) is 38.5 Å². The first-order chi connectivity index (χ1) is 9.66. The van der Waals surface area contributed by atoms with Crippen LogP contribution < -0.4 is 5.43 Å². The van der Waals surface area contributed by atoms with Crippen LogP contribution in [0, 0.1) is 0 Å². The Hall–Kier alpha value is -1.68. The van der Waals surface area contributed by atoms with Crippen molar-refractivity contribution in [3.8, 4) is 0 Å². The molecule has 0 amide bonds. The lowest BCUT2D eigenvalue weighted by molar-refractivity contribution is 0.0697. The Morgan fingerprint density at radius 3 is 2.60 bits per heavy atom. The lowest BCUT2D eigenvalue weighted by Crippen LogP contribution is -2.13. The maximum Gasteiger partial charge on any atom is 0.335 e. The molecule has 1 aliphatic carbocycles. The van der Waals surface area contributed by atoms with Gasteiger partial charge in [0.2, 0.25) is 0 Å². The molecule has 1 N–H and O–H groups in total. The van der Waals surface area contributed by atoms with E-state index in [1.807, 2.05) is 0 Å². The smallest absolute Gasteiger partial charge is 0.335 e. The standard InChI is InChI=1S/C16H16O3S/c17-15-11-5-3-1-2-4-6-13(11)20-14-9-10(16(18)19)7-8-12(14)15/h7-9H,1-6H2,(H,18,19). The van der Waals surface area contributed by atoms with E-state index in [4.69, 9.17) is 5.11 Å². The van der Waals surface area contributed by atoms with Crippen molar-refractivity contribution in [3.63, 3.8) is 0 Å². The number of aryl methyl sites for hydroxylation is 1. The minimum atomic E-state index is -0.946. The van der Waals surface area contributed by atoms with Gasteiger partial charge in [-0.1, -0.05) is 12.8 Å². The average Bonchev–Trinajstić information content (AvgIpc) is 2.40. The fourth-order valence-corrected chi connectivity index (χ4v) is 4.09. The highest BCUT2D eigenvalue weighted by Crippen LogP contribution is 2.27. The number of benzene rings is 1. The Kier molecular flexibility index (Phi) is 3.57. The van der Waals surface area contributed by atoms with Crippen LogP contribution in [-0.2, 0) is 12.8 Å². The van der Waals surface area contributed by atoms with Gasteiger partial charge in [0, 0.05) is 20.5 Å². The molecule has 0 saturated heterocycles. The van der Waals surface area contributed by atoms with E-state index in [1.165, 1.54) is 18.9 Å². The molecule has 0 aliphatic heterocycles. The number of carboxylic acid groups (broad SMARTS) is 1. The van der Waals surface area contributed by atoms with Gasteiger partial charge in [0.05, 0.1) is 5.56 Å². The lowest BCUT2D eigenvalue weighted by Gasteiger charge is -2.13. The van der Waals surface area contributed by atoms with Gasteiger partial charge in [-0.2, -0.15) is 0 Å². The number of hydrogen-bond donors (Lipinski definition) is 1. The second-order valence-corrected chi connectivity index (χ2v) is 6.40. The summed E-state index contributed by atoms with van der Waals surface area (Å²) in [5.74, 6) is -0.946. The summed E-state index contributed by atoms with van der Waals surface area (Å²) in [7, 11) is 0. The highest BCUT2D eigenvalue weighted by Gasteiger charge is 2.15. The van der Waals surface area contributed by atoms with Crippen LogP contribution in [0.5, 0.6) is 0 Å². The van der Waals surface area contributed by atoms with Crippen molar-refractivity contribution in [1.82, 2.24) is 0 Å². The summed E-state index contributed by atoms with van der Waals surface area (Å²) in [6, 6.07) is 4.81. The third kappa shape index (κ3) is 2.36. The maximum atomic E-state index is 12.6. The monoisotopic (exact) mass is 288 g/mol. The molecule has 0 spiro atoms. The zero-order valence-corrected chi connectivity index (χ0v) is 12.0. The minimum absolute atomic E-state index is 0.104. The van der Waals surface area contributed by atoms with Crippen LogP contribution in [0.15, 0.2) is 23.0 Å². The van der Waals surface area contributed by atoms with Gasteiger partial charge in [-0.3, -0.25) is 4.79 Å². The average molecular weight is 288 g/mol. The van der Waals surface area contributed by atoms with E-state index in [2.05, 4.69) is 0 Å². The van der Waals surface area contributed by atoms with Gasteiger partial charge >= 0.3 is 5.97 Å². The van der Waals surface area contributed by atoms with E-state index in [9.17, 15) is 9.59 Å². The quantitative estimate of drug-likeness (QED) is 0.872. The molecule has 2 aromatic rings. The molecule has 3 nitrogen and oxygen atoms in total. The van der Waals surface area contributed by atoms with Crippen LogP contribution in [0.3, 0.4) is 0 Å². The molecule has 0 saturated carbocycles. The van der Waals surface area contributed by atoms with Gasteiger partial charge in [0.1, 0.15) is 0 Å². The first-order valence-electron chi connectivity index (χ1n) is 6.99. The summed E-state index contributed by atoms with van der Waals surface area (Å²) < 4.78 is 0.800. The molecule has 0 atom stereocenters. The summed E-state index contributed by atoms with van der Waals surface area (Å²) in [4.78, 5) is 24.8. The number of fused-ring (bicyclic) bond motifs is 2. The summed E-state index contributed by atoms with van der Waals surface area (Å²) in [6.07, 6.45) is 6.41. The zero-order chi connectivity index (χ0) is 14.1. The molecular formula is C16H16O3S. The number of carboxylic acids is 1. The van der Waals surface area contributed by atoms with Crippen molar-refractivity contribution < 1.29 is 9.90 Å². The van der Waals surface area contributed by atoms with Crippen molar-refractivity contribution in [1.29, 1.82) is 0 Å². The van der Waals surface area contributed by atoms with Gasteiger partial charge < -0.3 is 5.11 Å². The number of hydrogen-bond acceptors (Lipinski definition) is 3. The Balaban J connectivity index is 2.22. The maximum absolute atomic E-state index is 12.6. The predicted octanol–water partition coefficient (Wildman–Crippen LogP) is 3.62. The molecule has 0 radical (unpaired) electrons. The molecule has 3 rings (SSSR count). The molecule has 1 aromatic heterocycles. The molecule has 20 heavy (non-hydrogen) atoms. The summed E-state index contributed by atoms with van der Waals surface area (Å²) in [6.45, 7) is 0. The normalized spacial score (nSPS) is 15.4. The van der Waals surface area contributed by atoms with Gasteiger partial charge in [0.25, 0.3) is 0 Å². The SMILES string of the molecule is O=C(O)c1ccc2c(=O)c3c(sc2c1)CCCCCC3. The molecule has 104 valence electrons. The van der Waals surface area contributed by atoms with Crippen molar-refractivity contribution in [3.05, 3.63) is 44.4 Å². The van der Waals surface area contributed by atoms with E-state index < -0.39 is 5.97 Å². The van der Waals surface area contributed by atoms with Crippen LogP contribution in [0.25, 0.3) is 10.1 Å². The summed E-state index contributed by atoms with van der Waals surface area (Å²) in [5.41, 5.74) is 1.32. The Morgan fingerprint density at radius 2 is 1.85 bits per heavy atom. The van der Waals surface area contributed by atoms with Crippen molar-refractivity contribution in [2.24, 2.45) is 0 Å². The molecule has 0 bridgehead atoms. The number of aromatic carboxylic acids is 1. The molecule has 0 fully saturated rings. The third-order valence-electron chi connectivity index (χ3n) is 3.90. The Morgan fingerprint density at radius 1 is 1.10 bits per heavy atom. The fraction of sp³-hybridized carbons (Fsp3) is 0.375. The Labute approximate surface area is 120 Å². The number of carbonyl (C=O) groups is 1. The third-order valence-corrected chi connectivity index (χ3v) is 5.15. The molecule has 4 heteroatoms. The fourth-order valence-electron chi connectivity index (χ4n) is 2.81. The molecule has 1 heterocycles. The van der Waals surface area contributed by atoms with E-state index in [0.717, 1.165) is 40.8 Å². The molecule has 1 aromatic carbocycles. The zero-order valence-electron chi connectivity index (χ0n) is 11.1. The predicted molar refractivity (Wildman–Crippen MR) is 80.9 cm³/mol. The Bertz CT molecular complexity index is 730. The van der Waals surface area contributed by atoms with Crippen molar-refractivity contribution >= 4 is 27.4 Å². The topological polar surface area (TPSA) is 54.4 Å². The second kappa shape index (κ2) is 5.37. The van der Waals surface area contributed by atoms with Crippen LogP contribution in [0.4, 0.5) is 0 Å². The van der Waals surface area contributed by atoms with Crippen LogP contribution >= 0.6 is 11.3 Å². The van der Waals surface area contributed by atoms with Gasteiger partial charge in [-0.25, -0.2) is 4.79 Å².